The number of nitrogens with one attached hydrogen (secondary N) is 1. The summed E-state index contributed by atoms with van der Waals surface area (Å²) in [4.78, 5) is 19.9. The first-order chi connectivity index (χ1) is 8.21. The molecule has 1 rings (SSSR count). The summed E-state index contributed by atoms with van der Waals surface area (Å²) in [6.07, 6.45) is 0. The van der Waals surface area contributed by atoms with E-state index in [0.29, 0.717) is 0 Å². The number of nitro groups is 1. The molecule has 98 valence electrons. The van der Waals surface area contributed by atoms with Crippen LogP contribution in [0.1, 0.15) is 0 Å². The minimum absolute atomic E-state index is 0.332. The highest BCUT2D eigenvalue weighted by Crippen LogP contribution is 2.28. The fourth-order valence-corrected chi connectivity index (χ4v) is 1.99. The number of anilines is 1. The predicted octanol–water partition coefficient (Wildman–Crippen LogP) is 0.127. The average molecular weight is 276 g/mol. The molecule has 1 aromatic rings. The largest absolute Gasteiger partial charge is 0.505 e. The first-order valence-corrected chi connectivity index (χ1v) is 6.06. The van der Waals surface area contributed by atoms with Gasteiger partial charge in [0.25, 0.3) is 5.69 Å². The van der Waals surface area contributed by atoms with Crippen molar-refractivity contribution in [1.82, 2.24) is 0 Å². The van der Waals surface area contributed by atoms with Crippen LogP contribution in [0.2, 0.25) is 0 Å². The number of sulfonamides is 1. The molecule has 0 bridgehead atoms. The number of carboxylic acids is 1. The molecule has 18 heavy (non-hydrogen) atoms. The number of rotatable bonds is 5. The molecule has 0 saturated heterocycles. The SMILES string of the molecule is O=C(O)CS(=O)(=O)Nc1ccc([N+](=O)[O-])cc1O. The summed E-state index contributed by atoms with van der Waals surface area (Å²) < 4.78 is 24.3. The van der Waals surface area contributed by atoms with Crippen LogP contribution in [0.25, 0.3) is 0 Å². The summed E-state index contributed by atoms with van der Waals surface area (Å²) >= 11 is 0. The number of phenolic OH excluding ortho intramolecular Hbond substituents is 1. The minimum Gasteiger partial charge on any atom is -0.505 e. The van der Waals surface area contributed by atoms with E-state index >= 15 is 0 Å². The lowest BCUT2D eigenvalue weighted by molar-refractivity contribution is -0.384. The Bertz CT molecular complexity index is 595. The third-order valence-corrected chi connectivity index (χ3v) is 2.93. The third kappa shape index (κ3) is 3.59. The van der Waals surface area contributed by atoms with Crippen molar-refractivity contribution in [1.29, 1.82) is 0 Å². The molecule has 0 radical (unpaired) electrons. The van der Waals surface area contributed by atoms with Gasteiger partial charge in [-0.15, -0.1) is 0 Å². The van der Waals surface area contributed by atoms with Gasteiger partial charge in [-0.25, -0.2) is 8.42 Å². The van der Waals surface area contributed by atoms with Gasteiger partial charge in [0.1, 0.15) is 5.75 Å². The van der Waals surface area contributed by atoms with Gasteiger partial charge in [-0.3, -0.25) is 19.6 Å². The normalized spacial score (nSPS) is 10.9. The number of carbonyl (C=O) groups is 1. The fourth-order valence-electron chi connectivity index (χ4n) is 1.09. The van der Waals surface area contributed by atoms with Crippen LogP contribution >= 0.6 is 0 Å². The second-order valence-corrected chi connectivity index (χ2v) is 4.94. The highest BCUT2D eigenvalue weighted by Gasteiger charge is 2.18. The van der Waals surface area contributed by atoms with Crippen LogP contribution in [0, 0.1) is 10.1 Å². The Balaban J connectivity index is 2.99. The fraction of sp³-hybridized carbons (Fsp3) is 0.125. The molecule has 0 amide bonds. The Morgan fingerprint density at radius 3 is 2.50 bits per heavy atom. The van der Waals surface area contributed by atoms with E-state index in [-0.39, 0.29) is 5.69 Å². The Hall–Kier alpha value is -2.36. The van der Waals surface area contributed by atoms with Gasteiger partial charge in [0, 0.05) is 6.07 Å². The van der Waals surface area contributed by atoms with Crippen LogP contribution in [-0.4, -0.2) is 35.3 Å². The zero-order valence-corrected chi connectivity index (χ0v) is 9.55. The average Bonchev–Trinajstić information content (AvgIpc) is 2.18. The van der Waals surface area contributed by atoms with Gasteiger partial charge in [0.15, 0.2) is 5.75 Å². The third-order valence-electron chi connectivity index (χ3n) is 1.77. The van der Waals surface area contributed by atoms with Crippen LogP contribution < -0.4 is 4.72 Å². The quantitative estimate of drug-likeness (QED) is 0.393. The maximum Gasteiger partial charge on any atom is 0.320 e. The number of phenols is 1. The van der Waals surface area contributed by atoms with Gasteiger partial charge in [-0.05, 0) is 6.07 Å². The zero-order valence-electron chi connectivity index (χ0n) is 8.73. The van der Waals surface area contributed by atoms with E-state index in [2.05, 4.69) is 0 Å². The van der Waals surface area contributed by atoms with Crippen molar-refractivity contribution in [2.24, 2.45) is 0 Å². The zero-order chi connectivity index (χ0) is 13.9. The molecular weight excluding hydrogens is 268 g/mol. The number of non-ortho nitro benzene ring substituents is 1. The van der Waals surface area contributed by atoms with Crippen LogP contribution in [0.3, 0.4) is 0 Å². The number of hydrogen-bond acceptors (Lipinski definition) is 6. The van der Waals surface area contributed by atoms with Gasteiger partial charge >= 0.3 is 5.97 Å². The van der Waals surface area contributed by atoms with Gasteiger partial charge in [0.2, 0.25) is 10.0 Å². The molecule has 0 unspecified atom stereocenters. The lowest BCUT2D eigenvalue weighted by Crippen LogP contribution is -2.22. The van der Waals surface area contributed by atoms with Gasteiger partial charge in [0.05, 0.1) is 16.7 Å². The second-order valence-electron chi connectivity index (χ2n) is 3.21. The Labute approximate surface area is 101 Å². The number of benzene rings is 1. The van der Waals surface area contributed by atoms with Crippen molar-refractivity contribution in [3.05, 3.63) is 28.3 Å². The van der Waals surface area contributed by atoms with Crippen molar-refractivity contribution in [3.8, 4) is 5.75 Å². The molecule has 0 aliphatic carbocycles. The van der Waals surface area contributed by atoms with Crippen molar-refractivity contribution in [3.63, 3.8) is 0 Å². The van der Waals surface area contributed by atoms with E-state index in [1.54, 1.807) is 4.72 Å². The van der Waals surface area contributed by atoms with Gasteiger partial charge < -0.3 is 10.2 Å². The van der Waals surface area contributed by atoms with Crippen LogP contribution in [-0.2, 0) is 14.8 Å². The Kier molecular flexibility index (Phi) is 3.71. The predicted molar refractivity (Wildman–Crippen MR) is 59.8 cm³/mol. The van der Waals surface area contributed by atoms with E-state index in [1.807, 2.05) is 0 Å². The maximum absolute atomic E-state index is 11.2. The van der Waals surface area contributed by atoms with Crippen LogP contribution in [0.15, 0.2) is 18.2 Å². The smallest absolute Gasteiger partial charge is 0.320 e. The standard InChI is InChI=1S/C8H8N2O7S/c11-7-3-5(10(14)15)1-2-6(7)9-18(16,17)4-8(12)13/h1-3,9,11H,4H2,(H,12,13). The molecule has 10 heteroatoms. The molecule has 0 fully saturated rings. The lowest BCUT2D eigenvalue weighted by Gasteiger charge is -2.07. The number of aromatic hydroxyl groups is 1. The molecule has 1 aromatic carbocycles. The van der Waals surface area contributed by atoms with Gasteiger partial charge in [-0.1, -0.05) is 0 Å². The second kappa shape index (κ2) is 4.87. The molecule has 0 aliphatic heterocycles. The summed E-state index contributed by atoms with van der Waals surface area (Å²) in [6, 6.07) is 2.68. The summed E-state index contributed by atoms with van der Waals surface area (Å²) in [5, 5.41) is 28.1. The highest BCUT2D eigenvalue weighted by atomic mass is 32.2. The molecular formula is C8H8N2O7S. The van der Waals surface area contributed by atoms with Crippen molar-refractivity contribution in [2.45, 2.75) is 0 Å². The van der Waals surface area contributed by atoms with E-state index < -0.39 is 38.1 Å². The van der Waals surface area contributed by atoms with Crippen LogP contribution in [0.5, 0.6) is 5.75 Å². The Morgan fingerprint density at radius 1 is 1.44 bits per heavy atom. The molecule has 9 nitrogen and oxygen atoms in total. The first kappa shape index (κ1) is 13.7. The summed E-state index contributed by atoms with van der Waals surface area (Å²) in [7, 11) is -4.17. The van der Waals surface area contributed by atoms with E-state index in [1.165, 1.54) is 0 Å². The molecule has 0 aromatic heterocycles. The molecule has 0 atom stereocenters. The first-order valence-electron chi connectivity index (χ1n) is 4.41. The van der Waals surface area contributed by atoms with E-state index in [0.717, 1.165) is 18.2 Å². The summed E-state index contributed by atoms with van der Waals surface area (Å²) in [6.45, 7) is 0. The highest BCUT2D eigenvalue weighted by molar-refractivity contribution is 7.93. The molecule has 0 saturated carbocycles. The van der Waals surface area contributed by atoms with E-state index in [4.69, 9.17) is 5.11 Å². The van der Waals surface area contributed by atoms with Gasteiger partial charge in [-0.2, -0.15) is 0 Å². The number of carboxylic acid groups (broad SMARTS) is 1. The minimum atomic E-state index is -4.17. The maximum atomic E-state index is 11.2. The van der Waals surface area contributed by atoms with E-state index in [9.17, 15) is 28.4 Å². The lowest BCUT2D eigenvalue weighted by atomic mass is 10.3. The van der Waals surface area contributed by atoms with Crippen molar-refractivity contribution in [2.75, 3.05) is 10.5 Å². The number of aliphatic carboxylic acids is 1. The Morgan fingerprint density at radius 2 is 2.06 bits per heavy atom. The van der Waals surface area contributed by atoms with Crippen molar-refractivity contribution >= 4 is 27.4 Å². The summed E-state index contributed by atoms with van der Waals surface area (Å²) in [5.74, 6) is -3.41. The summed E-state index contributed by atoms with van der Waals surface area (Å²) in [5.41, 5.74) is -0.754. The number of hydrogen-bond donors (Lipinski definition) is 3. The molecule has 0 heterocycles. The van der Waals surface area contributed by atoms with Crippen molar-refractivity contribution < 1.29 is 28.3 Å². The topological polar surface area (TPSA) is 147 Å². The molecule has 3 N–H and O–H groups in total. The number of nitro benzene ring substituents is 1. The molecule has 0 spiro atoms. The monoisotopic (exact) mass is 276 g/mol. The number of nitrogens with zero attached hydrogens (tertiary/aromatic N) is 1. The van der Waals surface area contributed by atoms with Crippen LogP contribution in [0.4, 0.5) is 11.4 Å². The molecule has 0 aliphatic rings.